The number of alkyl halides is 2. The van der Waals surface area contributed by atoms with E-state index in [1.54, 1.807) is 22.8 Å². The molecule has 204 valence electrons. The quantitative estimate of drug-likeness (QED) is 0.287. The molecule has 1 N–H and O–H groups in total. The Morgan fingerprint density at radius 2 is 2.02 bits per heavy atom. The largest absolute Gasteiger partial charge is 0.287 e. The van der Waals surface area contributed by atoms with Crippen molar-refractivity contribution in [3.05, 3.63) is 93.0 Å². The van der Waals surface area contributed by atoms with Crippen LogP contribution in [-0.4, -0.2) is 40.5 Å². The van der Waals surface area contributed by atoms with Crippen molar-refractivity contribution in [2.45, 2.75) is 38.2 Å². The number of fused-ring (bicyclic) bond motifs is 4. The van der Waals surface area contributed by atoms with Crippen molar-refractivity contribution in [2.24, 2.45) is 10.9 Å². The van der Waals surface area contributed by atoms with Crippen LogP contribution in [-0.2, 0) is 0 Å². The van der Waals surface area contributed by atoms with Gasteiger partial charge in [0.15, 0.2) is 0 Å². The van der Waals surface area contributed by atoms with Crippen molar-refractivity contribution in [1.82, 2.24) is 34.7 Å². The minimum Gasteiger partial charge on any atom is -0.287 e. The number of benzene rings is 2. The fraction of sp³-hybridized carbons (Fsp3) is 0.241. The maximum absolute atomic E-state index is 13.6. The van der Waals surface area contributed by atoms with Gasteiger partial charge in [-0.3, -0.25) is 19.5 Å². The second-order valence-corrected chi connectivity index (χ2v) is 11.2. The van der Waals surface area contributed by atoms with Gasteiger partial charge in [0.2, 0.25) is 0 Å². The molecule has 0 spiro atoms. The summed E-state index contributed by atoms with van der Waals surface area (Å²) in [6.07, 6.45) is 1.88. The van der Waals surface area contributed by atoms with Crippen LogP contribution < -0.4 is 5.56 Å². The lowest BCUT2D eigenvalue weighted by Crippen LogP contribution is -2.30. The molecule has 3 aromatic heterocycles. The lowest BCUT2D eigenvalue weighted by atomic mass is 9.97. The molecule has 2 aromatic carbocycles. The smallest absolute Gasteiger partial charge is 0.283 e. The number of H-pyrrole nitrogens is 1. The number of aromatic nitrogens is 7. The number of aryl methyl sites for hydroxylation is 1. The summed E-state index contributed by atoms with van der Waals surface area (Å²) in [5.74, 6) is 1.13. The van der Waals surface area contributed by atoms with Gasteiger partial charge in [0.1, 0.15) is 11.5 Å². The van der Waals surface area contributed by atoms with Gasteiger partial charge >= 0.3 is 0 Å². The van der Waals surface area contributed by atoms with E-state index >= 15 is 0 Å². The topological polar surface area (TPSA) is 107 Å². The molecule has 0 radical (unpaired) electrons. The van der Waals surface area contributed by atoms with Crippen molar-refractivity contribution >= 4 is 33.8 Å². The van der Waals surface area contributed by atoms with Crippen molar-refractivity contribution < 1.29 is 8.78 Å². The molecular formula is C29H21ClF2N8O. The first kappa shape index (κ1) is 24.3. The van der Waals surface area contributed by atoms with Crippen LogP contribution in [0.3, 0.4) is 0 Å². The Kier molecular flexibility index (Phi) is 5.18. The summed E-state index contributed by atoms with van der Waals surface area (Å²) >= 11 is 6.31. The Bertz CT molecular complexity index is 2020. The second-order valence-electron chi connectivity index (χ2n) is 10.7. The third kappa shape index (κ3) is 3.79. The van der Waals surface area contributed by atoms with E-state index in [-0.39, 0.29) is 23.4 Å². The molecule has 0 saturated heterocycles. The van der Waals surface area contributed by atoms with Crippen LogP contribution >= 0.6 is 11.6 Å². The lowest BCUT2D eigenvalue weighted by Gasteiger charge is -2.19. The SMILES string of the molecule is Cc1[nH]nc2cc(C3=CN=C(C4C5CC5c5nc(-c6cc(Cl)ccc6-n6cc(C(F)F)nn6)cc(=O)n54)C3)ccc12. The second kappa shape index (κ2) is 8.74. The van der Waals surface area contributed by atoms with Gasteiger partial charge in [0.05, 0.1) is 29.1 Å². The number of halogens is 3. The lowest BCUT2D eigenvalue weighted by molar-refractivity contribution is 0.146. The first-order valence-corrected chi connectivity index (χ1v) is 13.6. The molecule has 0 amide bonds. The average molecular weight is 571 g/mol. The number of aliphatic imine (C=N–C) groups is 1. The molecule has 1 aliphatic carbocycles. The van der Waals surface area contributed by atoms with Crippen LogP contribution in [0, 0.1) is 12.8 Å². The number of hydrogen-bond acceptors (Lipinski definition) is 6. The monoisotopic (exact) mass is 570 g/mol. The van der Waals surface area contributed by atoms with Crippen molar-refractivity contribution in [1.29, 1.82) is 0 Å². The molecule has 9 nitrogen and oxygen atoms in total. The van der Waals surface area contributed by atoms with Gasteiger partial charge in [-0.1, -0.05) is 28.9 Å². The van der Waals surface area contributed by atoms with Crippen molar-refractivity contribution in [3.63, 3.8) is 0 Å². The van der Waals surface area contributed by atoms with E-state index in [0.29, 0.717) is 34.2 Å². The summed E-state index contributed by atoms with van der Waals surface area (Å²) in [5, 5.41) is 16.3. The molecule has 5 heterocycles. The van der Waals surface area contributed by atoms with Crippen LogP contribution in [0.25, 0.3) is 33.4 Å². The maximum atomic E-state index is 13.6. The molecule has 2 aliphatic heterocycles. The van der Waals surface area contributed by atoms with Crippen LogP contribution in [0.15, 0.2) is 64.6 Å². The van der Waals surface area contributed by atoms with Gasteiger partial charge in [0.25, 0.3) is 12.0 Å². The number of rotatable bonds is 5. The predicted molar refractivity (Wildman–Crippen MR) is 150 cm³/mol. The zero-order valence-corrected chi connectivity index (χ0v) is 22.3. The Labute approximate surface area is 236 Å². The highest BCUT2D eigenvalue weighted by atomic mass is 35.5. The van der Waals surface area contributed by atoms with Crippen LogP contribution in [0.5, 0.6) is 0 Å². The molecule has 5 aromatic rings. The minimum atomic E-state index is -2.75. The zero-order valence-electron chi connectivity index (χ0n) is 21.6. The molecule has 8 rings (SSSR count). The van der Waals surface area contributed by atoms with Gasteiger partial charge in [-0.2, -0.15) is 5.10 Å². The van der Waals surface area contributed by atoms with Gasteiger partial charge in [-0.05, 0) is 54.7 Å². The summed E-state index contributed by atoms with van der Waals surface area (Å²) in [7, 11) is 0. The molecule has 3 unspecified atom stereocenters. The highest BCUT2D eigenvalue weighted by molar-refractivity contribution is 6.31. The Morgan fingerprint density at radius 1 is 1.15 bits per heavy atom. The van der Waals surface area contributed by atoms with Crippen molar-refractivity contribution in [2.75, 3.05) is 0 Å². The van der Waals surface area contributed by atoms with Gasteiger partial charge in [0, 0.05) is 52.0 Å². The number of aromatic amines is 1. The van der Waals surface area contributed by atoms with Gasteiger partial charge in [-0.25, -0.2) is 18.4 Å². The van der Waals surface area contributed by atoms with E-state index in [2.05, 4.69) is 38.7 Å². The van der Waals surface area contributed by atoms with Crippen LogP contribution in [0.1, 0.15) is 54.0 Å². The van der Waals surface area contributed by atoms with Gasteiger partial charge < -0.3 is 0 Å². The van der Waals surface area contributed by atoms with Crippen molar-refractivity contribution in [3.8, 4) is 16.9 Å². The third-order valence-electron chi connectivity index (χ3n) is 8.27. The van der Waals surface area contributed by atoms with E-state index < -0.39 is 12.1 Å². The van der Waals surface area contributed by atoms with E-state index in [1.165, 1.54) is 16.9 Å². The van der Waals surface area contributed by atoms with Crippen LogP contribution in [0.2, 0.25) is 5.02 Å². The number of nitrogens with one attached hydrogen (secondary N) is 1. The molecule has 3 atom stereocenters. The average Bonchev–Trinajstić information content (AvgIpc) is 3.36. The van der Waals surface area contributed by atoms with E-state index in [1.807, 2.05) is 13.1 Å². The standard InChI is InChI=1S/C29H21ClF2N8O/c1-13-17-4-2-14(6-22(17)36-35-13)15-7-23(33-11-15)27-18-9-19(18)29-34-21(10-26(41)40(27)29)20-8-16(30)3-5-25(20)39-12-24(28(31)32)37-38-39/h2-6,8,10-12,18-19,27-28H,7,9H2,1H3,(H,35,36). The summed E-state index contributed by atoms with van der Waals surface area (Å²) < 4.78 is 29.4. The van der Waals surface area contributed by atoms with E-state index in [0.717, 1.165) is 39.9 Å². The molecule has 0 bridgehead atoms. The number of hydrogen-bond donors (Lipinski definition) is 1. The molecule has 12 heteroatoms. The van der Waals surface area contributed by atoms with Crippen LogP contribution in [0.4, 0.5) is 8.78 Å². The maximum Gasteiger partial charge on any atom is 0.283 e. The normalized spacial score (nSPS) is 20.9. The molecule has 41 heavy (non-hydrogen) atoms. The minimum absolute atomic E-state index is 0.155. The highest BCUT2D eigenvalue weighted by Crippen LogP contribution is 2.59. The summed E-state index contributed by atoms with van der Waals surface area (Å²) in [6, 6.07) is 12.5. The highest BCUT2D eigenvalue weighted by Gasteiger charge is 2.55. The summed E-state index contributed by atoms with van der Waals surface area (Å²) in [5.41, 5.74) is 5.78. The van der Waals surface area contributed by atoms with E-state index in [9.17, 15) is 13.6 Å². The first-order valence-electron chi connectivity index (χ1n) is 13.2. The molecule has 1 saturated carbocycles. The predicted octanol–water partition coefficient (Wildman–Crippen LogP) is 5.81. The fourth-order valence-corrected chi connectivity index (χ4v) is 6.37. The Balaban J connectivity index is 1.13. The summed E-state index contributed by atoms with van der Waals surface area (Å²) in [6.45, 7) is 2.00. The molecular weight excluding hydrogens is 550 g/mol. The third-order valence-corrected chi connectivity index (χ3v) is 8.50. The Hall–Kier alpha value is -4.51. The number of nitrogens with zero attached hydrogens (tertiary/aromatic N) is 7. The fourth-order valence-electron chi connectivity index (χ4n) is 6.19. The van der Waals surface area contributed by atoms with E-state index in [4.69, 9.17) is 21.6 Å². The number of allylic oxidation sites excluding steroid dienone is 1. The zero-order chi connectivity index (χ0) is 28.0. The first-order chi connectivity index (χ1) is 19.9. The summed E-state index contributed by atoms with van der Waals surface area (Å²) in [4.78, 5) is 23.3. The Morgan fingerprint density at radius 3 is 2.85 bits per heavy atom. The molecule has 3 aliphatic rings. The molecule has 1 fully saturated rings. The van der Waals surface area contributed by atoms with Gasteiger partial charge in [-0.15, -0.1) is 5.10 Å².